The summed E-state index contributed by atoms with van der Waals surface area (Å²) in [7, 11) is 0. The first-order valence-corrected chi connectivity index (χ1v) is 7.31. The van der Waals surface area contributed by atoms with Gasteiger partial charge < -0.3 is 5.11 Å². The topological polar surface area (TPSA) is 23.5 Å². The summed E-state index contributed by atoms with van der Waals surface area (Å²) in [6.45, 7) is 3.07. The maximum Gasteiger partial charge on any atom is 0.0558 e. The summed E-state index contributed by atoms with van der Waals surface area (Å²) in [5.41, 5.74) is 2.81. The first-order valence-electron chi connectivity index (χ1n) is 7.31. The molecule has 1 saturated heterocycles. The van der Waals surface area contributed by atoms with Crippen LogP contribution in [0.5, 0.6) is 0 Å². The number of hydrogen-bond acceptors (Lipinski definition) is 2. The molecule has 0 bridgehead atoms. The highest BCUT2D eigenvalue weighted by Crippen LogP contribution is 2.39. The van der Waals surface area contributed by atoms with Gasteiger partial charge >= 0.3 is 0 Å². The molecule has 0 aliphatic carbocycles. The zero-order valence-electron chi connectivity index (χ0n) is 11.7. The minimum Gasteiger partial charge on any atom is -0.395 e. The highest BCUT2D eigenvalue weighted by molar-refractivity contribution is 5.31. The molecule has 1 aliphatic heterocycles. The third-order valence-electron chi connectivity index (χ3n) is 4.27. The normalized spacial score (nSPS) is 23.1. The number of nitrogens with zero attached hydrogens (tertiary/aromatic N) is 1. The van der Waals surface area contributed by atoms with E-state index < -0.39 is 0 Å². The molecule has 3 rings (SSSR count). The van der Waals surface area contributed by atoms with Gasteiger partial charge in [-0.2, -0.15) is 0 Å². The van der Waals surface area contributed by atoms with Gasteiger partial charge in [0.2, 0.25) is 0 Å². The Morgan fingerprint density at radius 3 is 1.65 bits per heavy atom. The molecule has 2 aromatic rings. The number of β-amino-alcohol motifs (C(OH)–C–C–N with tert-alkyl or cyclic N) is 1. The molecule has 20 heavy (non-hydrogen) atoms. The zero-order chi connectivity index (χ0) is 13.8. The quantitative estimate of drug-likeness (QED) is 0.920. The third-order valence-corrected chi connectivity index (χ3v) is 4.27. The lowest BCUT2D eigenvalue weighted by Gasteiger charge is -2.19. The van der Waals surface area contributed by atoms with Crippen LogP contribution in [0.15, 0.2) is 60.7 Å². The highest BCUT2D eigenvalue weighted by Gasteiger charge is 2.34. The average molecular weight is 267 g/mol. The van der Waals surface area contributed by atoms with Gasteiger partial charge in [0, 0.05) is 31.5 Å². The van der Waals surface area contributed by atoms with Crippen LogP contribution < -0.4 is 0 Å². The summed E-state index contributed by atoms with van der Waals surface area (Å²) in [4.78, 5) is 2.37. The van der Waals surface area contributed by atoms with Crippen molar-refractivity contribution in [1.82, 2.24) is 4.90 Å². The van der Waals surface area contributed by atoms with Crippen LogP contribution in [-0.4, -0.2) is 36.2 Å². The SMILES string of the molecule is OCCN1C[C@@H](c2ccccc2)[C@H](c2ccccc2)C1. The second kappa shape index (κ2) is 6.21. The van der Waals surface area contributed by atoms with Crippen molar-refractivity contribution in [3.05, 3.63) is 71.8 Å². The van der Waals surface area contributed by atoms with Crippen molar-refractivity contribution in [1.29, 1.82) is 0 Å². The van der Waals surface area contributed by atoms with Crippen LogP contribution in [0.3, 0.4) is 0 Å². The van der Waals surface area contributed by atoms with Gasteiger partial charge in [0.05, 0.1) is 6.61 Å². The maximum absolute atomic E-state index is 9.20. The largest absolute Gasteiger partial charge is 0.395 e. The predicted octanol–water partition coefficient (Wildman–Crippen LogP) is 2.86. The maximum atomic E-state index is 9.20. The predicted molar refractivity (Wildman–Crippen MR) is 81.9 cm³/mol. The van der Waals surface area contributed by atoms with Crippen LogP contribution in [0.2, 0.25) is 0 Å². The van der Waals surface area contributed by atoms with Gasteiger partial charge in [-0.05, 0) is 11.1 Å². The van der Waals surface area contributed by atoms with E-state index in [-0.39, 0.29) is 6.61 Å². The first-order chi connectivity index (χ1) is 9.88. The molecular formula is C18H21NO. The highest BCUT2D eigenvalue weighted by atomic mass is 16.3. The van der Waals surface area contributed by atoms with Crippen molar-refractivity contribution in [2.45, 2.75) is 11.8 Å². The van der Waals surface area contributed by atoms with Crippen molar-refractivity contribution in [3.8, 4) is 0 Å². The van der Waals surface area contributed by atoms with E-state index in [1.807, 2.05) is 0 Å². The molecule has 1 N–H and O–H groups in total. The van der Waals surface area contributed by atoms with E-state index >= 15 is 0 Å². The van der Waals surface area contributed by atoms with Gasteiger partial charge in [0.15, 0.2) is 0 Å². The molecule has 0 unspecified atom stereocenters. The van der Waals surface area contributed by atoms with Gasteiger partial charge in [-0.25, -0.2) is 0 Å². The summed E-state index contributed by atoms with van der Waals surface area (Å²) >= 11 is 0. The first kappa shape index (κ1) is 13.3. The fourth-order valence-electron chi connectivity index (χ4n) is 3.29. The summed E-state index contributed by atoms with van der Waals surface area (Å²) in [5.74, 6) is 1.04. The molecule has 2 atom stereocenters. The van der Waals surface area contributed by atoms with Gasteiger partial charge in [0.1, 0.15) is 0 Å². The Hall–Kier alpha value is -1.64. The van der Waals surface area contributed by atoms with Crippen LogP contribution in [-0.2, 0) is 0 Å². The molecule has 2 heteroatoms. The zero-order valence-corrected chi connectivity index (χ0v) is 11.7. The van der Waals surface area contributed by atoms with E-state index in [0.717, 1.165) is 19.6 Å². The van der Waals surface area contributed by atoms with Crippen molar-refractivity contribution in [2.75, 3.05) is 26.2 Å². The van der Waals surface area contributed by atoms with E-state index in [0.29, 0.717) is 11.8 Å². The van der Waals surface area contributed by atoms with E-state index in [4.69, 9.17) is 0 Å². The second-order valence-electron chi connectivity index (χ2n) is 5.52. The second-order valence-corrected chi connectivity index (χ2v) is 5.52. The molecule has 2 aromatic carbocycles. The number of aliphatic hydroxyl groups is 1. The summed E-state index contributed by atoms with van der Waals surface area (Å²) in [5, 5.41) is 9.20. The Bertz CT molecular complexity index is 478. The van der Waals surface area contributed by atoms with Crippen molar-refractivity contribution >= 4 is 0 Å². The third kappa shape index (κ3) is 2.77. The molecule has 1 heterocycles. The molecule has 0 aromatic heterocycles. The van der Waals surface area contributed by atoms with Gasteiger partial charge in [-0.15, -0.1) is 0 Å². The van der Waals surface area contributed by atoms with Gasteiger partial charge in [-0.3, -0.25) is 4.90 Å². The minimum atomic E-state index is 0.239. The lowest BCUT2D eigenvalue weighted by atomic mass is 9.84. The van der Waals surface area contributed by atoms with Crippen LogP contribution in [0.4, 0.5) is 0 Å². The molecule has 0 radical (unpaired) electrons. The van der Waals surface area contributed by atoms with Gasteiger partial charge in [-0.1, -0.05) is 60.7 Å². The molecule has 0 spiro atoms. The van der Waals surface area contributed by atoms with Crippen molar-refractivity contribution in [2.24, 2.45) is 0 Å². The lowest BCUT2D eigenvalue weighted by Crippen LogP contribution is -2.24. The van der Waals surface area contributed by atoms with E-state index in [1.54, 1.807) is 0 Å². The smallest absolute Gasteiger partial charge is 0.0558 e. The molecule has 1 aliphatic rings. The molecule has 2 nitrogen and oxygen atoms in total. The number of likely N-dealkylation sites (tertiary alicyclic amines) is 1. The van der Waals surface area contributed by atoms with Crippen molar-refractivity contribution < 1.29 is 5.11 Å². The van der Waals surface area contributed by atoms with E-state index in [9.17, 15) is 5.11 Å². The number of hydrogen-bond donors (Lipinski definition) is 1. The molecular weight excluding hydrogens is 246 g/mol. The van der Waals surface area contributed by atoms with E-state index in [2.05, 4.69) is 65.6 Å². The molecule has 104 valence electrons. The summed E-state index contributed by atoms with van der Waals surface area (Å²) < 4.78 is 0. The molecule has 0 amide bonds. The van der Waals surface area contributed by atoms with Crippen LogP contribution in [0.25, 0.3) is 0 Å². The van der Waals surface area contributed by atoms with Gasteiger partial charge in [0.25, 0.3) is 0 Å². The lowest BCUT2D eigenvalue weighted by molar-refractivity contribution is 0.219. The summed E-state index contributed by atoms with van der Waals surface area (Å²) in [6, 6.07) is 21.5. The van der Waals surface area contributed by atoms with E-state index in [1.165, 1.54) is 11.1 Å². The minimum absolute atomic E-state index is 0.239. The fraction of sp³-hybridized carbons (Fsp3) is 0.333. The standard InChI is InChI=1S/C18H21NO/c20-12-11-19-13-17(15-7-3-1-4-8-15)18(14-19)16-9-5-2-6-10-16/h1-10,17-18,20H,11-14H2/t17-,18-/m0/s1. The fourth-order valence-corrected chi connectivity index (χ4v) is 3.29. The Morgan fingerprint density at radius 2 is 1.25 bits per heavy atom. The van der Waals surface area contributed by atoms with Crippen LogP contribution >= 0.6 is 0 Å². The number of rotatable bonds is 4. The average Bonchev–Trinajstić information content (AvgIpc) is 2.93. The summed E-state index contributed by atoms with van der Waals surface area (Å²) in [6.07, 6.45) is 0. The molecule has 0 saturated carbocycles. The number of aliphatic hydroxyl groups excluding tert-OH is 1. The Kier molecular flexibility index (Phi) is 4.14. The Morgan fingerprint density at radius 1 is 0.800 bits per heavy atom. The molecule has 1 fully saturated rings. The Balaban J connectivity index is 1.89. The monoisotopic (exact) mass is 267 g/mol. The van der Waals surface area contributed by atoms with Crippen LogP contribution in [0, 0.1) is 0 Å². The van der Waals surface area contributed by atoms with Crippen molar-refractivity contribution in [3.63, 3.8) is 0 Å². The van der Waals surface area contributed by atoms with Crippen LogP contribution in [0.1, 0.15) is 23.0 Å². The Labute approximate surface area is 120 Å². The number of benzene rings is 2.